The maximum atomic E-state index is 13.3. The molecule has 1 N–H and O–H groups in total. The van der Waals surface area contributed by atoms with Crippen molar-refractivity contribution in [3.63, 3.8) is 0 Å². The first-order valence-electron chi connectivity index (χ1n) is 11.0. The molecule has 0 radical (unpaired) electrons. The smallest absolute Gasteiger partial charge is 0.264 e. The van der Waals surface area contributed by atoms with E-state index in [1.54, 1.807) is 42.5 Å². The van der Waals surface area contributed by atoms with Crippen LogP contribution in [-0.4, -0.2) is 36.6 Å². The van der Waals surface area contributed by atoms with Crippen molar-refractivity contribution in [1.29, 1.82) is 0 Å². The van der Waals surface area contributed by atoms with Crippen molar-refractivity contribution in [3.05, 3.63) is 108 Å². The Hall–Kier alpha value is -4.31. The minimum atomic E-state index is -4.02. The summed E-state index contributed by atoms with van der Waals surface area (Å²) in [5.41, 5.74) is 5.96. The summed E-state index contributed by atoms with van der Waals surface area (Å²) in [6, 6.07) is 19.0. The van der Waals surface area contributed by atoms with E-state index in [4.69, 9.17) is 0 Å². The van der Waals surface area contributed by atoms with E-state index in [9.17, 15) is 17.6 Å². The quantitative estimate of drug-likeness (QED) is 0.289. The topological polar surface area (TPSA) is 96.7 Å². The van der Waals surface area contributed by atoms with Crippen LogP contribution in [0.25, 0.3) is 5.69 Å². The summed E-state index contributed by atoms with van der Waals surface area (Å²) in [6.45, 7) is 3.30. The molecule has 2 heterocycles. The number of aryl methyl sites for hydroxylation is 1. The number of pyridine rings is 1. The molecule has 4 rings (SSSR count). The highest BCUT2D eigenvalue weighted by molar-refractivity contribution is 7.92. The van der Waals surface area contributed by atoms with Gasteiger partial charge in [0.2, 0.25) is 0 Å². The van der Waals surface area contributed by atoms with Crippen LogP contribution in [0.2, 0.25) is 0 Å². The third kappa shape index (κ3) is 5.33. The van der Waals surface area contributed by atoms with Crippen molar-refractivity contribution in [1.82, 2.24) is 15.0 Å². The molecule has 0 saturated carbocycles. The molecule has 2 aromatic heterocycles. The van der Waals surface area contributed by atoms with Crippen LogP contribution in [0.5, 0.6) is 0 Å². The Balaban J connectivity index is 1.52. The first kappa shape index (κ1) is 24.8. The minimum absolute atomic E-state index is 0.0541. The maximum Gasteiger partial charge on any atom is 0.264 e. The molecular formula is C26H24FN5O3S. The number of halogens is 1. The number of hydrogen-bond donors (Lipinski definition) is 1. The van der Waals surface area contributed by atoms with E-state index in [1.165, 1.54) is 42.9 Å². The molecule has 0 bridgehead atoms. The Kier molecular flexibility index (Phi) is 7.25. The molecule has 0 aliphatic rings. The fraction of sp³-hybridized carbons (Fsp3) is 0.115. The van der Waals surface area contributed by atoms with Gasteiger partial charge in [0.15, 0.2) is 0 Å². The fourth-order valence-electron chi connectivity index (χ4n) is 3.78. The lowest BCUT2D eigenvalue weighted by atomic mass is 10.2. The summed E-state index contributed by atoms with van der Waals surface area (Å²) in [6.07, 6.45) is 4.38. The average molecular weight is 506 g/mol. The van der Waals surface area contributed by atoms with Crippen molar-refractivity contribution in [2.45, 2.75) is 18.7 Å². The highest BCUT2D eigenvalue weighted by Crippen LogP contribution is 2.23. The van der Waals surface area contributed by atoms with Crippen LogP contribution >= 0.6 is 0 Å². The molecule has 0 saturated heterocycles. The second-order valence-corrected chi connectivity index (χ2v) is 9.83. The van der Waals surface area contributed by atoms with Gasteiger partial charge in [-0.1, -0.05) is 18.2 Å². The lowest BCUT2D eigenvalue weighted by Crippen LogP contribution is -2.39. The van der Waals surface area contributed by atoms with Gasteiger partial charge < -0.3 is 4.57 Å². The third-order valence-corrected chi connectivity index (χ3v) is 7.29. The number of carbonyl (C=O) groups excluding carboxylic acids is 1. The number of benzene rings is 2. The molecule has 0 atom stereocenters. The van der Waals surface area contributed by atoms with E-state index < -0.39 is 22.5 Å². The van der Waals surface area contributed by atoms with E-state index >= 15 is 0 Å². The second kappa shape index (κ2) is 10.5. The van der Waals surface area contributed by atoms with E-state index in [1.807, 2.05) is 24.5 Å². The molecule has 1 amide bonds. The molecule has 8 nitrogen and oxygen atoms in total. The van der Waals surface area contributed by atoms with E-state index in [0.717, 1.165) is 26.9 Å². The molecule has 0 fully saturated rings. The highest BCUT2D eigenvalue weighted by atomic mass is 32.2. The molecule has 4 aromatic rings. The molecule has 184 valence electrons. The number of anilines is 1. The number of rotatable bonds is 8. The Bertz CT molecular complexity index is 1490. The number of hydrazone groups is 1. The predicted octanol–water partition coefficient (Wildman–Crippen LogP) is 3.97. The SMILES string of the molecule is Cc1cc(/C=N/NC(=O)CN(c2cccnc2)S(=O)(=O)c2ccccc2)c(C)n1-c1ccc(F)cc1. The summed E-state index contributed by atoms with van der Waals surface area (Å²) in [7, 11) is -4.02. The van der Waals surface area contributed by atoms with Crippen molar-refractivity contribution in [3.8, 4) is 5.69 Å². The molecule has 0 aliphatic heterocycles. The van der Waals surface area contributed by atoms with Crippen LogP contribution in [0.15, 0.2) is 95.2 Å². The number of carbonyl (C=O) groups is 1. The molecule has 36 heavy (non-hydrogen) atoms. The lowest BCUT2D eigenvalue weighted by molar-refractivity contribution is -0.119. The van der Waals surface area contributed by atoms with Crippen LogP contribution < -0.4 is 9.73 Å². The number of amides is 1. The van der Waals surface area contributed by atoms with Gasteiger partial charge in [-0.15, -0.1) is 0 Å². The zero-order valence-corrected chi connectivity index (χ0v) is 20.5. The van der Waals surface area contributed by atoms with Gasteiger partial charge in [0, 0.05) is 28.8 Å². The number of hydrogen-bond acceptors (Lipinski definition) is 5. The maximum absolute atomic E-state index is 13.3. The number of nitrogens with one attached hydrogen (secondary N) is 1. The summed E-state index contributed by atoms with van der Waals surface area (Å²) in [5.74, 6) is -0.942. The van der Waals surface area contributed by atoms with Gasteiger partial charge in [-0.05, 0) is 68.4 Å². The van der Waals surface area contributed by atoms with E-state index in [2.05, 4.69) is 15.5 Å². The lowest BCUT2D eigenvalue weighted by Gasteiger charge is -2.23. The van der Waals surface area contributed by atoms with Gasteiger partial charge in [0.25, 0.3) is 15.9 Å². The second-order valence-electron chi connectivity index (χ2n) is 7.97. The molecule has 0 unspecified atom stereocenters. The average Bonchev–Trinajstić information content (AvgIpc) is 3.16. The first-order valence-corrected chi connectivity index (χ1v) is 12.5. The summed E-state index contributed by atoms with van der Waals surface area (Å²) in [5, 5.41) is 4.03. The normalized spacial score (nSPS) is 11.5. The zero-order valence-electron chi connectivity index (χ0n) is 19.7. The molecule has 10 heteroatoms. The van der Waals surface area contributed by atoms with Crippen molar-refractivity contribution in [2.75, 3.05) is 10.8 Å². The van der Waals surface area contributed by atoms with Crippen LogP contribution in [0.4, 0.5) is 10.1 Å². The zero-order chi connectivity index (χ0) is 25.7. The van der Waals surface area contributed by atoms with Crippen molar-refractivity contribution in [2.24, 2.45) is 5.10 Å². The largest absolute Gasteiger partial charge is 0.318 e. The van der Waals surface area contributed by atoms with Crippen LogP contribution in [0.3, 0.4) is 0 Å². The Labute approximate surface area is 208 Å². The number of aromatic nitrogens is 2. The minimum Gasteiger partial charge on any atom is -0.318 e. The third-order valence-electron chi connectivity index (χ3n) is 5.50. The van der Waals surface area contributed by atoms with Crippen LogP contribution in [-0.2, 0) is 14.8 Å². The first-order chi connectivity index (χ1) is 17.3. The van der Waals surface area contributed by atoms with Crippen molar-refractivity contribution < 1.29 is 17.6 Å². The number of sulfonamides is 1. The van der Waals surface area contributed by atoms with Crippen molar-refractivity contribution >= 4 is 27.8 Å². The Morgan fingerprint density at radius 2 is 1.81 bits per heavy atom. The highest BCUT2D eigenvalue weighted by Gasteiger charge is 2.27. The van der Waals surface area contributed by atoms with E-state index in [0.29, 0.717) is 0 Å². The van der Waals surface area contributed by atoms with Crippen LogP contribution in [0, 0.1) is 19.7 Å². The molecule has 2 aromatic carbocycles. The predicted molar refractivity (Wildman–Crippen MR) is 136 cm³/mol. The van der Waals surface area contributed by atoms with Gasteiger partial charge in [0.1, 0.15) is 12.4 Å². The number of nitrogens with zero attached hydrogens (tertiary/aromatic N) is 4. The van der Waals surface area contributed by atoms with Gasteiger partial charge in [0.05, 0.1) is 23.0 Å². The molecule has 0 aliphatic carbocycles. The summed E-state index contributed by atoms with van der Waals surface area (Å²) >= 11 is 0. The molecular weight excluding hydrogens is 481 g/mol. The summed E-state index contributed by atoms with van der Waals surface area (Å²) in [4.78, 5) is 16.7. The standard InChI is InChI=1S/C26H24FN5O3S/c1-19-15-21(20(2)32(19)23-12-10-22(27)11-13-23)16-29-30-26(33)18-31(24-7-6-14-28-17-24)36(34,35)25-8-4-3-5-9-25/h3-17H,18H2,1-2H3,(H,30,33)/b29-16+. The Morgan fingerprint density at radius 1 is 1.08 bits per heavy atom. The van der Waals surface area contributed by atoms with Crippen LogP contribution in [0.1, 0.15) is 17.0 Å². The van der Waals surface area contributed by atoms with E-state index in [-0.39, 0.29) is 16.4 Å². The van der Waals surface area contributed by atoms with Gasteiger partial charge in [-0.2, -0.15) is 5.10 Å². The van der Waals surface area contributed by atoms with Gasteiger partial charge in [-0.25, -0.2) is 18.2 Å². The Morgan fingerprint density at radius 3 is 2.47 bits per heavy atom. The van der Waals surface area contributed by atoms with Gasteiger partial charge >= 0.3 is 0 Å². The monoisotopic (exact) mass is 505 g/mol. The fourth-order valence-corrected chi connectivity index (χ4v) is 5.21. The molecule has 0 spiro atoms. The summed E-state index contributed by atoms with van der Waals surface area (Å²) < 4.78 is 42.8. The van der Waals surface area contributed by atoms with Gasteiger partial charge in [-0.3, -0.25) is 14.1 Å².